The number of rotatable bonds is 4. The first-order valence-electron chi connectivity index (χ1n) is 6.54. The summed E-state index contributed by atoms with van der Waals surface area (Å²) in [6, 6.07) is 5.75. The van der Waals surface area contributed by atoms with E-state index in [0.29, 0.717) is 6.10 Å². The lowest BCUT2D eigenvalue weighted by atomic mass is 10.1. The van der Waals surface area contributed by atoms with Crippen LogP contribution in [0.25, 0.3) is 0 Å². The molecule has 2 rings (SSSR count). The highest BCUT2D eigenvalue weighted by atomic mass is 79.9. The second-order valence-electron chi connectivity index (χ2n) is 4.95. The first-order chi connectivity index (χ1) is 9.08. The maximum atomic E-state index is 7.44. The number of anilines is 1. The van der Waals surface area contributed by atoms with Gasteiger partial charge in [-0.3, -0.25) is 5.41 Å². The van der Waals surface area contributed by atoms with Gasteiger partial charge in [-0.2, -0.15) is 0 Å². The molecule has 0 radical (unpaired) electrons. The molecule has 4 nitrogen and oxygen atoms in total. The second kappa shape index (κ2) is 6.39. The van der Waals surface area contributed by atoms with Crippen molar-refractivity contribution in [1.82, 2.24) is 0 Å². The maximum absolute atomic E-state index is 7.44. The summed E-state index contributed by atoms with van der Waals surface area (Å²) < 4.78 is 6.72. The van der Waals surface area contributed by atoms with Crippen LogP contribution in [0.15, 0.2) is 22.7 Å². The molecule has 5 heteroatoms. The van der Waals surface area contributed by atoms with Crippen molar-refractivity contribution >= 4 is 27.5 Å². The molecule has 0 bridgehead atoms. The van der Waals surface area contributed by atoms with Gasteiger partial charge in [-0.1, -0.05) is 0 Å². The van der Waals surface area contributed by atoms with Crippen molar-refractivity contribution in [2.24, 2.45) is 5.73 Å². The quantitative estimate of drug-likeness (QED) is 0.661. The summed E-state index contributed by atoms with van der Waals surface area (Å²) in [4.78, 5) is 2.18. The number of likely N-dealkylation sites (N-methyl/N-ethyl adjacent to an activating group) is 1. The van der Waals surface area contributed by atoms with E-state index in [9.17, 15) is 0 Å². The Balaban J connectivity index is 2.05. The van der Waals surface area contributed by atoms with Gasteiger partial charge < -0.3 is 15.4 Å². The molecular weight excluding hydrogens is 306 g/mol. The summed E-state index contributed by atoms with van der Waals surface area (Å²) in [7, 11) is 2.06. The van der Waals surface area contributed by atoms with Gasteiger partial charge in [0, 0.05) is 30.2 Å². The van der Waals surface area contributed by atoms with Crippen LogP contribution in [-0.2, 0) is 4.74 Å². The van der Waals surface area contributed by atoms with E-state index in [-0.39, 0.29) is 5.84 Å². The van der Waals surface area contributed by atoms with Gasteiger partial charge in [0.15, 0.2) is 0 Å². The number of halogens is 1. The average Bonchev–Trinajstić information content (AvgIpc) is 2.39. The summed E-state index contributed by atoms with van der Waals surface area (Å²) in [5.74, 6) is 0.0884. The van der Waals surface area contributed by atoms with Gasteiger partial charge in [-0.05, 0) is 53.4 Å². The van der Waals surface area contributed by atoms with Gasteiger partial charge in [0.05, 0.1) is 11.8 Å². The highest BCUT2D eigenvalue weighted by Crippen LogP contribution is 2.27. The van der Waals surface area contributed by atoms with Crippen molar-refractivity contribution in [2.45, 2.75) is 25.4 Å². The minimum Gasteiger partial charge on any atom is -0.384 e. The number of nitrogens with zero attached hydrogens (tertiary/aromatic N) is 1. The smallest absolute Gasteiger partial charge is 0.122 e. The molecule has 1 aliphatic rings. The molecule has 0 spiro atoms. The van der Waals surface area contributed by atoms with Crippen LogP contribution >= 0.6 is 15.9 Å². The van der Waals surface area contributed by atoms with E-state index in [0.717, 1.165) is 35.3 Å². The zero-order chi connectivity index (χ0) is 13.8. The Bertz CT molecular complexity index is 458. The van der Waals surface area contributed by atoms with Crippen LogP contribution in [-0.4, -0.2) is 32.1 Å². The second-order valence-corrected chi connectivity index (χ2v) is 5.80. The van der Waals surface area contributed by atoms with Crippen molar-refractivity contribution in [1.29, 1.82) is 5.41 Å². The lowest BCUT2D eigenvalue weighted by Crippen LogP contribution is -2.33. The fourth-order valence-electron chi connectivity index (χ4n) is 2.34. The molecule has 1 aliphatic heterocycles. The van der Waals surface area contributed by atoms with Gasteiger partial charge in [0.25, 0.3) is 0 Å². The average molecular weight is 326 g/mol. The molecule has 1 saturated heterocycles. The van der Waals surface area contributed by atoms with Crippen molar-refractivity contribution in [3.05, 3.63) is 28.2 Å². The molecule has 0 aromatic heterocycles. The van der Waals surface area contributed by atoms with Crippen molar-refractivity contribution < 1.29 is 4.74 Å². The fraction of sp³-hybridized carbons (Fsp3) is 0.500. The van der Waals surface area contributed by atoms with Gasteiger partial charge in [0.2, 0.25) is 0 Å². The van der Waals surface area contributed by atoms with E-state index in [1.54, 1.807) is 0 Å². The van der Waals surface area contributed by atoms with E-state index >= 15 is 0 Å². The minimum atomic E-state index is 0.0884. The number of hydrogen-bond acceptors (Lipinski definition) is 3. The fourth-order valence-corrected chi connectivity index (χ4v) is 3.02. The molecule has 1 atom stereocenters. The summed E-state index contributed by atoms with van der Waals surface area (Å²) in [5.41, 5.74) is 7.32. The molecule has 3 N–H and O–H groups in total. The van der Waals surface area contributed by atoms with Crippen LogP contribution in [0.4, 0.5) is 5.69 Å². The predicted molar refractivity (Wildman–Crippen MR) is 82.0 cm³/mol. The molecule has 0 saturated carbocycles. The van der Waals surface area contributed by atoms with Crippen LogP contribution in [0, 0.1) is 5.41 Å². The number of ether oxygens (including phenoxy) is 1. The number of amidine groups is 1. The third-order valence-electron chi connectivity index (χ3n) is 3.42. The van der Waals surface area contributed by atoms with Crippen molar-refractivity contribution in [2.75, 3.05) is 25.1 Å². The van der Waals surface area contributed by atoms with Crippen LogP contribution < -0.4 is 10.6 Å². The summed E-state index contributed by atoms with van der Waals surface area (Å²) >= 11 is 3.55. The molecule has 0 amide bonds. The molecular formula is C14H20BrN3O. The molecule has 0 aliphatic carbocycles. The summed E-state index contributed by atoms with van der Waals surface area (Å²) in [6.45, 7) is 1.76. The zero-order valence-electron chi connectivity index (χ0n) is 11.2. The van der Waals surface area contributed by atoms with Gasteiger partial charge in [-0.15, -0.1) is 0 Å². The number of benzene rings is 1. The zero-order valence-corrected chi connectivity index (χ0v) is 12.7. The molecule has 1 aromatic carbocycles. The highest BCUT2D eigenvalue weighted by molar-refractivity contribution is 9.10. The standard InChI is InChI=1S/C14H20BrN3O/c1-18(9-11-4-2-3-7-19-11)13-6-5-10(14(16)17)8-12(13)15/h5-6,8,11H,2-4,7,9H2,1H3,(H3,16,17). The Morgan fingerprint density at radius 3 is 2.89 bits per heavy atom. The minimum absolute atomic E-state index is 0.0884. The lowest BCUT2D eigenvalue weighted by Gasteiger charge is -2.29. The van der Waals surface area contributed by atoms with Crippen LogP contribution in [0.5, 0.6) is 0 Å². The van der Waals surface area contributed by atoms with Crippen molar-refractivity contribution in [3.8, 4) is 0 Å². The van der Waals surface area contributed by atoms with Gasteiger partial charge in [0.1, 0.15) is 5.84 Å². The Morgan fingerprint density at radius 1 is 1.53 bits per heavy atom. The SMILES string of the molecule is CN(CC1CCCCO1)c1ccc(C(=N)N)cc1Br. The molecule has 1 aromatic rings. The van der Waals surface area contributed by atoms with Crippen molar-refractivity contribution in [3.63, 3.8) is 0 Å². The van der Waals surface area contributed by atoms with Crippen LogP contribution in [0.3, 0.4) is 0 Å². The topological polar surface area (TPSA) is 62.3 Å². The monoisotopic (exact) mass is 325 g/mol. The Labute approximate surface area is 122 Å². The van der Waals surface area contributed by atoms with E-state index in [1.807, 2.05) is 18.2 Å². The third kappa shape index (κ3) is 3.70. The van der Waals surface area contributed by atoms with E-state index in [4.69, 9.17) is 15.9 Å². The Hall–Kier alpha value is -1.07. The highest BCUT2D eigenvalue weighted by Gasteiger charge is 2.17. The molecule has 19 heavy (non-hydrogen) atoms. The summed E-state index contributed by atoms with van der Waals surface area (Å²) in [6.07, 6.45) is 3.88. The maximum Gasteiger partial charge on any atom is 0.122 e. The number of nitrogens with one attached hydrogen (secondary N) is 1. The molecule has 104 valence electrons. The predicted octanol–water partition coefficient (Wildman–Crippen LogP) is 2.74. The van der Waals surface area contributed by atoms with Gasteiger partial charge >= 0.3 is 0 Å². The molecule has 1 heterocycles. The summed E-state index contributed by atoms with van der Waals surface area (Å²) in [5, 5.41) is 7.44. The first kappa shape index (κ1) is 14.3. The number of nitrogens with two attached hydrogens (primary N) is 1. The molecule has 1 unspecified atom stereocenters. The van der Waals surface area contributed by atoms with E-state index < -0.39 is 0 Å². The number of nitrogen functional groups attached to an aromatic ring is 1. The van der Waals surface area contributed by atoms with Crippen LogP contribution in [0.1, 0.15) is 24.8 Å². The lowest BCUT2D eigenvalue weighted by molar-refractivity contribution is 0.0216. The third-order valence-corrected chi connectivity index (χ3v) is 4.06. The van der Waals surface area contributed by atoms with E-state index in [2.05, 4.69) is 27.9 Å². The normalized spacial score (nSPS) is 19.2. The molecule has 1 fully saturated rings. The number of hydrogen-bond donors (Lipinski definition) is 2. The largest absolute Gasteiger partial charge is 0.384 e. The first-order valence-corrected chi connectivity index (χ1v) is 7.34. The van der Waals surface area contributed by atoms with E-state index in [1.165, 1.54) is 12.8 Å². The van der Waals surface area contributed by atoms with Crippen LogP contribution in [0.2, 0.25) is 0 Å². The van der Waals surface area contributed by atoms with Gasteiger partial charge in [-0.25, -0.2) is 0 Å². The Morgan fingerprint density at radius 2 is 2.32 bits per heavy atom. The Kier molecular flexibility index (Phi) is 4.82.